The van der Waals surface area contributed by atoms with Crippen molar-refractivity contribution in [2.45, 2.75) is 25.8 Å². The highest BCUT2D eigenvalue weighted by molar-refractivity contribution is 7.91. The minimum Gasteiger partial charge on any atom is -0.347 e. The van der Waals surface area contributed by atoms with Gasteiger partial charge in [0, 0.05) is 6.04 Å². The number of nitrogens with zero attached hydrogens (tertiary/aromatic N) is 2. The first kappa shape index (κ1) is 12.4. The van der Waals surface area contributed by atoms with E-state index in [2.05, 4.69) is 14.9 Å². The maximum absolute atomic E-state index is 11.9. The van der Waals surface area contributed by atoms with Crippen molar-refractivity contribution in [3.8, 4) is 0 Å². The first-order chi connectivity index (χ1) is 8.02. The third kappa shape index (κ3) is 2.81. The van der Waals surface area contributed by atoms with Crippen molar-refractivity contribution in [1.29, 1.82) is 0 Å². The molecule has 1 fully saturated rings. The minimum atomic E-state index is -2.97. The van der Waals surface area contributed by atoms with Gasteiger partial charge in [-0.3, -0.25) is 4.79 Å². The van der Waals surface area contributed by atoms with Crippen molar-refractivity contribution in [3.63, 3.8) is 0 Å². The fraction of sp³-hybridized carbons (Fsp3) is 0.667. The SMILES string of the molecule is CCc1nnsc1C(=O)N[C@@H]1CCS(=O)(=O)C1. The number of carbonyl (C=O) groups excluding carboxylic acids is 1. The summed E-state index contributed by atoms with van der Waals surface area (Å²) in [5.41, 5.74) is 0.661. The second-order valence-corrected chi connectivity index (χ2v) is 6.96. The third-order valence-electron chi connectivity index (χ3n) is 2.66. The van der Waals surface area contributed by atoms with Crippen LogP contribution in [0.4, 0.5) is 0 Å². The van der Waals surface area contributed by atoms with Crippen molar-refractivity contribution < 1.29 is 13.2 Å². The fourth-order valence-electron chi connectivity index (χ4n) is 1.77. The van der Waals surface area contributed by atoms with Gasteiger partial charge in [-0.2, -0.15) is 0 Å². The molecule has 0 unspecified atom stereocenters. The maximum atomic E-state index is 11.9. The van der Waals surface area contributed by atoms with E-state index in [0.717, 1.165) is 11.5 Å². The Morgan fingerprint density at radius 1 is 1.59 bits per heavy atom. The highest BCUT2D eigenvalue weighted by Crippen LogP contribution is 2.15. The van der Waals surface area contributed by atoms with Gasteiger partial charge in [0.1, 0.15) is 4.88 Å². The van der Waals surface area contributed by atoms with Gasteiger partial charge in [0.25, 0.3) is 5.91 Å². The van der Waals surface area contributed by atoms with Crippen LogP contribution in [0.2, 0.25) is 0 Å². The lowest BCUT2D eigenvalue weighted by Crippen LogP contribution is -2.35. The minimum absolute atomic E-state index is 0.0342. The topological polar surface area (TPSA) is 89.0 Å². The Balaban J connectivity index is 2.03. The number of nitrogens with one attached hydrogen (secondary N) is 1. The van der Waals surface area contributed by atoms with E-state index in [1.54, 1.807) is 0 Å². The Morgan fingerprint density at radius 2 is 2.35 bits per heavy atom. The standard InChI is InChI=1S/C9H13N3O3S2/c1-2-7-8(16-12-11-7)9(13)10-6-3-4-17(14,15)5-6/h6H,2-5H2,1H3,(H,10,13)/t6-/m1/s1. The Morgan fingerprint density at radius 3 is 2.94 bits per heavy atom. The summed E-state index contributed by atoms with van der Waals surface area (Å²) >= 11 is 1.04. The number of rotatable bonds is 3. The predicted octanol–water partition coefficient (Wildman–Crippen LogP) is 0.0174. The zero-order valence-electron chi connectivity index (χ0n) is 9.34. The molecule has 0 saturated carbocycles. The van der Waals surface area contributed by atoms with Gasteiger partial charge in [0.05, 0.1) is 17.2 Å². The molecule has 8 heteroatoms. The smallest absolute Gasteiger partial charge is 0.265 e. The normalized spacial score (nSPS) is 22.5. The van der Waals surface area contributed by atoms with Crippen molar-refractivity contribution in [3.05, 3.63) is 10.6 Å². The van der Waals surface area contributed by atoms with E-state index in [0.29, 0.717) is 23.4 Å². The molecule has 1 aliphatic rings. The zero-order chi connectivity index (χ0) is 12.5. The lowest BCUT2D eigenvalue weighted by Gasteiger charge is -2.09. The van der Waals surface area contributed by atoms with Crippen LogP contribution in [0.5, 0.6) is 0 Å². The summed E-state index contributed by atoms with van der Waals surface area (Å²) in [6.45, 7) is 1.90. The molecule has 1 aromatic rings. The van der Waals surface area contributed by atoms with Gasteiger partial charge in [-0.15, -0.1) is 5.10 Å². The molecule has 1 atom stereocenters. The number of hydrogen-bond donors (Lipinski definition) is 1. The summed E-state index contributed by atoms with van der Waals surface area (Å²) in [7, 11) is -2.97. The van der Waals surface area contributed by atoms with E-state index in [-0.39, 0.29) is 23.5 Å². The largest absolute Gasteiger partial charge is 0.347 e. The number of hydrogen-bond acceptors (Lipinski definition) is 6. The first-order valence-electron chi connectivity index (χ1n) is 5.34. The van der Waals surface area contributed by atoms with Crippen LogP contribution < -0.4 is 5.32 Å². The van der Waals surface area contributed by atoms with E-state index in [1.165, 1.54) is 0 Å². The van der Waals surface area contributed by atoms with Gasteiger partial charge in [0.15, 0.2) is 9.84 Å². The summed E-state index contributed by atoms with van der Waals surface area (Å²) in [5, 5.41) is 6.57. The van der Waals surface area contributed by atoms with Gasteiger partial charge in [0.2, 0.25) is 0 Å². The van der Waals surface area contributed by atoms with Crippen LogP contribution in [0, 0.1) is 0 Å². The molecule has 0 aliphatic carbocycles. The Labute approximate surface area is 104 Å². The summed E-state index contributed by atoms with van der Waals surface area (Å²) in [5.74, 6) is -0.0784. The molecule has 0 bridgehead atoms. The summed E-state index contributed by atoms with van der Waals surface area (Å²) in [6, 6.07) is -0.278. The molecule has 0 spiro atoms. The first-order valence-corrected chi connectivity index (χ1v) is 7.94. The van der Waals surface area contributed by atoms with Crippen molar-refractivity contribution >= 4 is 27.3 Å². The van der Waals surface area contributed by atoms with Crippen molar-refractivity contribution in [2.24, 2.45) is 0 Å². The number of carbonyl (C=O) groups is 1. The lowest BCUT2D eigenvalue weighted by atomic mass is 10.2. The monoisotopic (exact) mass is 275 g/mol. The maximum Gasteiger partial charge on any atom is 0.265 e. The van der Waals surface area contributed by atoms with Crippen LogP contribution in [-0.4, -0.2) is 41.5 Å². The van der Waals surface area contributed by atoms with Crippen molar-refractivity contribution in [2.75, 3.05) is 11.5 Å². The molecule has 1 amide bonds. The average molecular weight is 275 g/mol. The highest BCUT2D eigenvalue weighted by atomic mass is 32.2. The molecule has 1 N–H and O–H groups in total. The molecule has 1 aromatic heterocycles. The van der Waals surface area contributed by atoms with Crippen LogP contribution in [0.15, 0.2) is 0 Å². The number of aryl methyl sites for hydroxylation is 1. The quantitative estimate of drug-likeness (QED) is 0.840. The number of amides is 1. The average Bonchev–Trinajstić information content (AvgIpc) is 2.84. The molecular weight excluding hydrogens is 262 g/mol. The molecule has 1 saturated heterocycles. The van der Waals surface area contributed by atoms with Gasteiger partial charge in [-0.1, -0.05) is 11.4 Å². The molecular formula is C9H13N3O3S2. The molecule has 17 heavy (non-hydrogen) atoms. The third-order valence-corrected chi connectivity index (χ3v) is 5.20. The molecule has 0 aromatic carbocycles. The van der Waals surface area contributed by atoms with Crippen LogP contribution in [0.25, 0.3) is 0 Å². The van der Waals surface area contributed by atoms with E-state index in [9.17, 15) is 13.2 Å². The van der Waals surface area contributed by atoms with Gasteiger partial charge in [-0.05, 0) is 24.4 Å². The molecule has 94 valence electrons. The van der Waals surface area contributed by atoms with E-state index >= 15 is 0 Å². The summed E-state index contributed by atoms with van der Waals surface area (Å²) < 4.78 is 26.2. The predicted molar refractivity (Wildman–Crippen MR) is 63.8 cm³/mol. The van der Waals surface area contributed by atoms with Gasteiger partial charge >= 0.3 is 0 Å². The van der Waals surface area contributed by atoms with Crippen molar-refractivity contribution in [1.82, 2.24) is 14.9 Å². The molecule has 2 heterocycles. The highest BCUT2D eigenvalue weighted by Gasteiger charge is 2.30. The number of sulfone groups is 1. The Bertz CT molecular complexity index is 523. The fourth-order valence-corrected chi connectivity index (χ4v) is 4.10. The van der Waals surface area contributed by atoms with E-state index in [1.807, 2.05) is 6.92 Å². The summed E-state index contributed by atoms with van der Waals surface area (Å²) in [4.78, 5) is 12.4. The number of aromatic nitrogens is 2. The van der Waals surface area contributed by atoms with E-state index < -0.39 is 9.84 Å². The van der Waals surface area contributed by atoms with Gasteiger partial charge in [-0.25, -0.2) is 8.42 Å². The zero-order valence-corrected chi connectivity index (χ0v) is 11.0. The lowest BCUT2D eigenvalue weighted by molar-refractivity contribution is 0.0944. The molecule has 6 nitrogen and oxygen atoms in total. The Hall–Kier alpha value is -1.02. The second-order valence-electron chi connectivity index (χ2n) is 3.98. The van der Waals surface area contributed by atoms with Crippen LogP contribution in [-0.2, 0) is 16.3 Å². The second kappa shape index (κ2) is 4.69. The molecule has 1 aliphatic heterocycles. The van der Waals surface area contributed by atoms with Crippen LogP contribution >= 0.6 is 11.5 Å². The van der Waals surface area contributed by atoms with Crippen LogP contribution in [0.3, 0.4) is 0 Å². The Kier molecular flexibility index (Phi) is 3.43. The van der Waals surface area contributed by atoms with Gasteiger partial charge < -0.3 is 5.32 Å². The summed E-state index contributed by atoms with van der Waals surface area (Å²) in [6.07, 6.45) is 1.13. The van der Waals surface area contributed by atoms with Crippen LogP contribution in [0.1, 0.15) is 28.7 Å². The molecule has 0 radical (unpaired) electrons. The molecule has 2 rings (SSSR count). The van der Waals surface area contributed by atoms with E-state index in [4.69, 9.17) is 0 Å².